The number of carboxylic acids is 1. The van der Waals surface area contributed by atoms with Gasteiger partial charge in [0.15, 0.2) is 0 Å². The molecule has 1 fully saturated rings. The summed E-state index contributed by atoms with van der Waals surface area (Å²) in [6.07, 6.45) is 2.21. The third-order valence-electron chi connectivity index (χ3n) is 3.77. The van der Waals surface area contributed by atoms with Gasteiger partial charge in [0.2, 0.25) is 5.91 Å². The molecule has 0 aromatic rings. The van der Waals surface area contributed by atoms with Crippen molar-refractivity contribution < 1.29 is 19.4 Å². The molecule has 5 unspecified atom stereocenters. The molecule has 5 nitrogen and oxygen atoms in total. The van der Waals surface area contributed by atoms with Crippen LogP contribution in [0.15, 0.2) is 0 Å². The zero-order valence-electron chi connectivity index (χ0n) is 11.9. The first kappa shape index (κ1) is 16.3. The van der Waals surface area contributed by atoms with Gasteiger partial charge < -0.3 is 15.2 Å². The number of hydrogen-bond donors (Lipinski definition) is 2. The van der Waals surface area contributed by atoms with E-state index < -0.39 is 12.0 Å². The minimum Gasteiger partial charge on any atom is -0.480 e. The maximum absolute atomic E-state index is 12.2. The van der Waals surface area contributed by atoms with Crippen LogP contribution in [0.3, 0.4) is 0 Å². The molecule has 19 heavy (non-hydrogen) atoms. The van der Waals surface area contributed by atoms with Crippen LogP contribution in [0.1, 0.15) is 27.2 Å². The lowest BCUT2D eigenvalue weighted by Gasteiger charge is -2.21. The molecule has 1 aliphatic heterocycles. The Bertz CT molecular complexity index is 337. The topological polar surface area (TPSA) is 75.6 Å². The van der Waals surface area contributed by atoms with Crippen molar-refractivity contribution in [2.45, 2.75) is 45.4 Å². The van der Waals surface area contributed by atoms with E-state index in [1.807, 2.05) is 27.0 Å². The quantitative estimate of drug-likeness (QED) is 0.772. The van der Waals surface area contributed by atoms with Gasteiger partial charge in [0.25, 0.3) is 0 Å². The van der Waals surface area contributed by atoms with Crippen LogP contribution < -0.4 is 5.32 Å². The molecule has 2 N–H and O–H groups in total. The summed E-state index contributed by atoms with van der Waals surface area (Å²) in [6, 6.07) is -0.810. The second kappa shape index (κ2) is 7.14. The van der Waals surface area contributed by atoms with E-state index in [9.17, 15) is 9.59 Å². The molecular weight excluding hydrogens is 266 g/mol. The number of hydrogen-bond acceptors (Lipinski definition) is 4. The van der Waals surface area contributed by atoms with Gasteiger partial charge in [0, 0.05) is 0 Å². The largest absolute Gasteiger partial charge is 0.480 e. The van der Waals surface area contributed by atoms with E-state index in [2.05, 4.69) is 5.32 Å². The van der Waals surface area contributed by atoms with E-state index in [4.69, 9.17) is 9.84 Å². The Morgan fingerprint density at radius 3 is 2.37 bits per heavy atom. The number of carbonyl (C=O) groups is 2. The number of thioether (sulfide) groups is 1. The number of carboxylic acid groups (broad SMARTS) is 1. The Labute approximate surface area is 118 Å². The molecule has 1 aliphatic rings. The van der Waals surface area contributed by atoms with E-state index in [-0.39, 0.29) is 30.0 Å². The second-order valence-electron chi connectivity index (χ2n) is 5.11. The van der Waals surface area contributed by atoms with Crippen molar-refractivity contribution in [2.24, 2.45) is 11.8 Å². The average molecular weight is 289 g/mol. The van der Waals surface area contributed by atoms with E-state index in [0.717, 1.165) is 0 Å². The molecule has 5 atom stereocenters. The van der Waals surface area contributed by atoms with Crippen LogP contribution in [-0.4, -0.2) is 47.2 Å². The van der Waals surface area contributed by atoms with Crippen molar-refractivity contribution >= 4 is 23.6 Å². The molecule has 1 saturated heterocycles. The third kappa shape index (κ3) is 4.11. The average Bonchev–Trinajstić information content (AvgIpc) is 2.58. The molecule has 6 heteroatoms. The lowest BCUT2D eigenvalue weighted by molar-refractivity contribution is -0.143. The molecule has 1 rings (SSSR count). The Balaban J connectivity index is 2.63. The fraction of sp³-hybridized carbons (Fsp3) is 0.846. The van der Waals surface area contributed by atoms with Gasteiger partial charge in [-0.15, -0.1) is 0 Å². The molecular formula is C13H23NO4S. The molecule has 0 saturated carbocycles. The maximum Gasteiger partial charge on any atom is 0.326 e. The van der Waals surface area contributed by atoms with Gasteiger partial charge in [-0.2, -0.15) is 11.8 Å². The number of rotatable bonds is 6. The van der Waals surface area contributed by atoms with Crippen molar-refractivity contribution in [3.05, 3.63) is 0 Å². The fourth-order valence-corrected chi connectivity index (χ4v) is 2.95. The number of aliphatic carboxylic acids is 1. The van der Waals surface area contributed by atoms with Gasteiger partial charge in [-0.1, -0.05) is 6.92 Å². The van der Waals surface area contributed by atoms with E-state index >= 15 is 0 Å². The monoisotopic (exact) mass is 289 g/mol. The maximum atomic E-state index is 12.2. The minimum atomic E-state index is -0.977. The first-order valence-corrected chi connectivity index (χ1v) is 7.95. The van der Waals surface area contributed by atoms with Crippen molar-refractivity contribution in [2.75, 3.05) is 12.0 Å². The molecule has 0 aliphatic carbocycles. The zero-order chi connectivity index (χ0) is 14.6. The SMILES string of the molecule is CSCCC(NC(=O)C1C(C)OC(C)C1C)C(=O)O. The van der Waals surface area contributed by atoms with E-state index in [1.165, 1.54) is 0 Å². The van der Waals surface area contributed by atoms with Crippen molar-refractivity contribution in [1.82, 2.24) is 5.32 Å². The highest BCUT2D eigenvalue weighted by Gasteiger charge is 2.42. The summed E-state index contributed by atoms with van der Waals surface area (Å²) in [5, 5.41) is 11.8. The Hall–Kier alpha value is -0.750. The normalized spacial score (nSPS) is 32.0. The third-order valence-corrected chi connectivity index (χ3v) is 4.41. The van der Waals surface area contributed by atoms with Crippen molar-refractivity contribution in [3.8, 4) is 0 Å². The summed E-state index contributed by atoms with van der Waals surface area (Å²) >= 11 is 1.57. The van der Waals surface area contributed by atoms with Crippen LogP contribution in [0, 0.1) is 11.8 Å². The molecule has 0 aromatic heterocycles. The van der Waals surface area contributed by atoms with Crippen LogP contribution in [-0.2, 0) is 14.3 Å². The summed E-state index contributed by atoms with van der Waals surface area (Å²) in [4.78, 5) is 23.4. The lowest BCUT2D eigenvalue weighted by atomic mass is 9.88. The first-order chi connectivity index (χ1) is 8.88. The Morgan fingerprint density at radius 2 is 1.95 bits per heavy atom. The predicted octanol–water partition coefficient (Wildman–Crippen LogP) is 1.37. The molecule has 0 bridgehead atoms. The predicted molar refractivity (Wildman–Crippen MR) is 75.2 cm³/mol. The van der Waals surface area contributed by atoms with E-state index in [1.54, 1.807) is 11.8 Å². The number of ether oxygens (including phenoxy) is 1. The molecule has 0 radical (unpaired) electrons. The van der Waals surface area contributed by atoms with Crippen LogP contribution >= 0.6 is 11.8 Å². The smallest absolute Gasteiger partial charge is 0.326 e. The van der Waals surface area contributed by atoms with Gasteiger partial charge in [-0.05, 0) is 38.2 Å². The highest BCUT2D eigenvalue weighted by molar-refractivity contribution is 7.98. The molecule has 0 aromatic carbocycles. The second-order valence-corrected chi connectivity index (χ2v) is 6.10. The van der Waals surface area contributed by atoms with Gasteiger partial charge in [0.1, 0.15) is 6.04 Å². The highest BCUT2D eigenvalue weighted by atomic mass is 32.2. The Morgan fingerprint density at radius 1 is 1.32 bits per heavy atom. The van der Waals surface area contributed by atoms with Crippen LogP contribution in [0.2, 0.25) is 0 Å². The van der Waals surface area contributed by atoms with Gasteiger partial charge in [0.05, 0.1) is 18.1 Å². The molecule has 0 spiro atoms. The summed E-state index contributed by atoms with van der Waals surface area (Å²) in [7, 11) is 0. The van der Waals surface area contributed by atoms with Gasteiger partial charge in [-0.3, -0.25) is 4.79 Å². The minimum absolute atomic E-state index is 0.0280. The molecule has 1 heterocycles. The Kier molecular flexibility index (Phi) is 6.13. The summed E-state index contributed by atoms with van der Waals surface area (Å²) < 4.78 is 5.62. The van der Waals surface area contributed by atoms with Crippen molar-refractivity contribution in [3.63, 3.8) is 0 Å². The molecule has 110 valence electrons. The van der Waals surface area contributed by atoms with Crippen molar-refractivity contribution in [1.29, 1.82) is 0 Å². The van der Waals surface area contributed by atoms with Gasteiger partial charge in [-0.25, -0.2) is 4.79 Å². The first-order valence-electron chi connectivity index (χ1n) is 6.56. The highest BCUT2D eigenvalue weighted by Crippen LogP contribution is 2.32. The summed E-state index contributed by atoms with van der Waals surface area (Å²) in [5.41, 5.74) is 0. The summed E-state index contributed by atoms with van der Waals surface area (Å²) in [5.74, 6) is -0.649. The number of nitrogens with one attached hydrogen (secondary N) is 1. The summed E-state index contributed by atoms with van der Waals surface area (Å²) in [6.45, 7) is 5.77. The van der Waals surface area contributed by atoms with E-state index in [0.29, 0.717) is 12.2 Å². The van der Waals surface area contributed by atoms with Crippen LogP contribution in [0.4, 0.5) is 0 Å². The number of carbonyl (C=O) groups excluding carboxylic acids is 1. The zero-order valence-corrected chi connectivity index (χ0v) is 12.7. The van der Waals surface area contributed by atoms with Crippen LogP contribution in [0.25, 0.3) is 0 Å². The lowest BCUT2D eigenvalue weighted by Crippen LogP contribution is -2.46. The number of amides is 1. The molecule has 1 amide bonds. The fourth-order valence-electron chi connectivity index (χ4n) is 2.48. The van der Waals surface area contributed by atoms with Gasteiger partial charge >= 0.3 is 5.97 Å². The standard InChI is InChI=1S/C13H23NO4S/c1-7-8(2)18-9(3)11(7)12(15)14-10(13(16)17)5-6-19-4/h7-11H,5-6H2,1-4H3,(H,14,15)(H,16,17). The van der Waals surface area contributed by atoms with Crippen LogP contribution in [0.5, 0.6) is 0 Å².